The molecular weight excluding hydrogens is 311 g/mol. The molecule has 0 bridgehead atoms. The molecule has 1 amide bonds. The summed E-state index contributed by atoms with van der Waals surface area (Å²) in [7, 11) is 0. The Morgan fingerprint density at radius 3 is 2.56 bits per heavy atom. The number of carbonyl (C=O) groups excluding carboxylic acids is 1. The maximum absolute atomic E-state index is 12.7. The Balaban J connectivity index is 2.86. The van der Waals surface area contributed by atoms with Crippen LogP contribution in [0.2, 0.25) is 0 Å². The number of alkyl halides is 4. The standard InChI is InChI=1S/C12H13BrF3NO/c1-8(6-13)7-17-11(18)9-4-2-3-5-10(9)12(14,15)16/h2-5,8H,6-7H2,1H3,(H,17,18). The van der Waals surface area contributed by atoms with Crippen LogP contribution in [-0.2, 0) is 6.18 Å². The summed E-state index contributed by atoms with van der Waals surface area (Å²) in [6, 6.07) is 4.76. The first-order valence-electron chi connectivity index (χ1n) is 5.36. The molecule has 1 unspecified atom stereocenters. The molecule has 1 aromatic carbocycles. The fourth-order valence-electron chi connectivity index (χ4n) is 1.35. The van der Waals surface area contributed by atoms with Gasteiger partial charge in [0.05, 0.1) is 11.1 Å². The molecule has 0 spiro atoms. The van der Waals surface area contributed by atoms with E-state index in [1.807, 2.05) is 6.92 Å². The lowest BCUT2D eigenvalue weighted by atomic mass is 10.1. The van der Waals surface area contributed by atoms with Crippen LogP contribution in [0, 0.1) is 5.92 Å². The van der Waals surface area contributed by atoms with E-state index in [1.165, 1.54) is 18.2 Å². The molecule has 100 valence electrons. The van der Waals surface area contributed by atoms with Gasteiger partial charge in [0.25, 0.3) is 5.91 Å². The van der Waals surface area contributed by atoms with Gasteiger partial charge in [-0.2, -0.15) is 13.2 Å². The number of carbonyl (C=O) groups is 1. The topological polar surface area (TPSA) is 29.1 Å². The van der Waals surface area contributed by atoms with Crippen molar-refractivity contribution in [3.8, 4) is 0 Å². The largest absolute Gasteiger partial charge is 0.417 e. The molecule has 0 heterocycles. The molecule has 0 aliphatic carbocycles. The predicted octanol–water partition coefficient (Wildman–Crippen LogP) is 3.47. The lowest BCUT2D eigenvalue weighted by Crippen LogP contribution is -2.30. The average molecular weight is 324 g/mol. The molecule has 0 aliphatic rings. The number of halogens is 4. The van der Waals surface area contributed by atoms with Crippen molar-refractivity contribution in [3.05, 3.63) is 35.4 Å². The minimum atomic E-state index is -4.52. The van der Waals surface area contributed by atoms with Gasteiger partial charge < -0.3 is 5.32 Å². The van der Waals surface area contributed by atoms with Crippen LogP contribution in [0.1, 0.15) is 22.8 Å². The van der Waals surface area contributed by atoms with Crippen molar-refractivity contribution in [3.63, 3.8) is 0 Å². The second-order valence-electron chi connectivity index (χ2n) is 4.01. The first kappa shape index (κ1) is 15.0. The summed E-state index contributed by atoms with van der Waals surface area (Å²) in [5.41, 5.74) is -1.25. The summed E-state index contributed by atoms with van der Waals surface area (Å²) in [6.07, 6.45) is -4.52. The van der Waals surface area contributed by atoms with Gasteiger partial charge in [-0.25, -0.2) is 0 Å². The van der Waals surface area contributed by atoms with Crippen LogP contribution in [0.5, 0.6) is 0 Å². The van der Waals surface area contributed by atoms with Gasteiger partial charge in [-0.15, -0.1) is 0 Å². The summed E-state index contributed by atoms with van der Waals surface area (Å²) < 4.78 is 38.1. The quantitative estimate of drug-likeness (QED) is 0.845. The van der Waals surface area contributed by atoms with E-state index in [4.69, 9.17) is 0 Å². The minimum Gasteiger partial charge on any atom is -0.352 e. The first-order chi connectivity index (χ1) is 8.36. The highest BCUT2D eigenvalue weighted by Gasteiger charge is 2.34. The molecule has 0 radical (unpaired) electrons. The van der Waals surface area contributed by atoms with Gasteiger partial charge in [-0.1, -0.05) is 35.0 Å². The molecule has 0 saturated carbocycles. The monoisotopic (exact) mass is 323 g/mol. The Kier molecular flexibility index (Phi) is 5.19. The van der Waals surface area contributed by atoms with E-state index >= 15 is 0 Å². The number of nitrogens with one attached hydrogen (secondary N) is 1. The van der Waals surface area contributed by atoms with Crippen molar-refractivity contribution >= 4 is 21.8 Å². The predicted molar refractivity (Wildman–Crippen MR) is 66.7 cm³/mol. The molecular formula is C12H13BrF3NO. The van der Waals surface area contributed by atoms with Crippen molar-refractivity contribution in [1.82, 2.24) is 5.32 Å². The molecule has 0 aromatic heterocycles. The van der Waals surface area contributed by atoms with Crippen molar-refractivity contribution in [2.45, 2.75) is 13.1 Å². The molecule has 2 nitrogen and oxygen atoms in total. The zero-order valence-corrected chi connectivity index (χ0v) is 11.3. The third-order valence-corrected chi connectivity index (χ3v) is 3.46. The number of hydrogen-bond donors (Lipinski definition) is 1. The molecule has 1 N–H and O–H groups in total. The Labute approximate surface area is 112 Å². The van der Waals surface area contributed by atoms with Crippen LogP contribution in [-0.4, -0.2) is 17.8 Å². The molecule has 1 rings (SSSR count). The number of benzene rings is 1. The third kappa shape index (κ3) is 4.01. The lowest BCUT2D eigenvalue weighted by molar-refractivity contribution is -0.137. The van der Waals surface area contributed by atoms with Crippen LogP contribution in [0.3, 0.4) is 0 Å². The minimum absolute atomic E-state index is 0.159. The summed E-state index contributed by atoms with van der Waals surface area (Å²) in [5, 5.41) is 3.17. The van der Waals surface area contributed by atoms with Crippen LogP contribution >= 0.6 is 15.9 Å². The van der Waals surface area contributed by atoms with Crippen LogP contribution in [0.25, 0.3) is 0 Å². The van der Waals surface area contributed by atoms with Crippen molar-refractivity contribution in [2.75, 3.05) is 11.9 Å². The van der Waals surface area contributed by atoms with E-state index in [9.17, 15) is 18.0 Å². The molecule has 1 atom stereocenters. The van der Waals surface area contributed by atoms with Crippen LogP contribution in [0.4, 0.5) is 13.2 Å². The van der Waals surface area contributed by atoms with E-state index in [0.29, 0.717) is 11.9 Å². The van der Waals surface area contributed by atoms with E-state index in [1.54, 1.807) is 0 Å². The Morgan fingerprint density at radius 2 is 2.00 bits per heavy atom. The molecule has 6 heteroatoms. The fraction of sp³-hybridized carbons (Fsp3) is 0.417. The summed E-state index contributed by atoms with van der Waals surface area (Å²) in [5.74, 6) is -0.539. The SMILES string of the molecule is CC(CBr)CNC(=O)c1ccccc1C(F)(F)F. The van der Waals surface area contributed by atoms with Gasteiger partial charge in [0.2, 0.25) is 0 Å². The van der Waals surface area contributed by atoms with Gasteiger partial charge in [0.15, 0.2) is 0 Å². The molecule has 0 fully saturated rings. The fourth-order valence-corrected chi connectivity index (χ4v) is 1.57. The highest BCUT2D eigenvalue weighted by molar-refractivity contribution is 9.09. The second kappa shape index (κ2) is 6.22. The third-order valence-electron chi connectivity index (χ3n) is 2.35. The average Bonchev–Trinajstić information content (AvgIpc) is 2.34. The van der Waals surface area contributed by atoms with Crippen molar-refractivity contribution < 1.29 is 18.0 Å². The maximum Gasteiger partial charge on any atom is 0.417 e. The Hall–Kier alpha value is -1.04. The van der Waals surface area contributed by atoms with Crippen molar-refractivity contribution in [2.24, 2.45) is 5.92 Å². The van der Waals surface area contributed by atoms with E-state index in [-0.39, 0.29) is 11.5 Å². The van der Waals surface area contributed by atoms with Crippen LogP contribution < -0.4 is 5.32 Å². The zero-order chi connectivity index (χ0) is 13.8. The normalized spacial score (nSPS) is 13.2. The van der Waals surface area contributed by atoms with Gasteiger partial charge in [-0.3, -0.25) is 4.79 Å². The number of rotatable bonds is 4. The maximum atomic E-state index is 12.7. The Bertz CT molecular complexity index is 420. The molecule has 1 aromatic rings. The smallest absolute Gasteiger partial charge is 0.352 e. The highest BCUT2D eigenvalue weighted by atomic mass is 79.9. The number of amides is 1. The number of hydrogen-bond acceptors (Lipinski definition) is 1. The summed E-state index contributed by atoms with van der Waals surface area (Å²) in [4.78, 5) is 11.7. The van der Waals surface area contributed by atoms with E-state index < -0.39 is 17.6 Å². The van der Waals surface area contributed by atoms with Gasteiger partial charge >= 0.3 is 6.18 Å². The molecule has 0 saturated heterocycles. The van der Waals surface area contributed by atoms with Gasteiger partial charge in [0, 0.05) is 11.9 Å². The molecule has 18 heavy (non-hydrogen) atoms. The van der Waals surface area contributed by atoms with E-state index in [0.717, 1.165) is 6.07 Å². The summed E-state index contributed by atoms with van der Waals surface area (Å²) >= 11 is 3.24. The highest BCUT2D eigenvalue weighted by Crippen LogP contribution is 2.31. The summed E-state index contributed by atoms with van der Waals surface area (Å²) in [6.45, 7) is 2.21. The lowest BCUT2D eigenvalue weighted by Gasteiger charge is -2.14. The zero-order valence-electron chi connectivity index (χ0n) is 9.72. The first-order valence-corrected chi connectivity index (χ1v) is 6.48. The van der Waals surface area contributed by atoms with Crippen LogP contribution in [0.15, 0.2) is 24.3 Å². The van der Waals surface area contributed by atoms with Crippen molar-refractivity contribution in [1.29, 1.82) is 0 Å². The van der Waals surface area contributed by atoms with E-state index in [2.05, 4.69) is 21.2 Å². The van der Waals surface area contributed by atoms with Gasteiger partial charge in [-0.05, 0) is 18.1 Å². The second-order valence-corrected chi connectivity index (χ2v) is 4.66. The van der Waals surface area contributed by atoms with Gasteiger partial charge in [0.1, 0.15) is 0 Å². The molecule has 0 aliphatic heterocycles. The Morgan fingerprint density at radius 1 is 1.39 bits per heavy atom.